The topological polar surface area (TPSA) is 37.6 Å². The van der Waals surface area contributed by atoms with Crippen LogP contribution in [0.4, 0.5) is 0 Å². The van der Waals surface area contributed by atoms with Crippen molar-refractivity contribution in [1.82, 2.24) is 10.2 Å². The summed E-state index contributed by atoms with van der Waals surface area (Å²) in [6.07, 6.45) is 4.60. The van der Waals surface area contributed by atoms with Gasteiger partial charge in [0.1, 0.15) is 5.76 Å². The van der Waals surface area contributed by atoms with Gasteiger partial charge in [0.15, 0.2) is 0 Å². The average Bonchev–Trinajstić information content (AvgIpc) is 2.87. The molecule has 1 aromatic heterocycles. The molecule has 1 N–H and O–H groups in total. The molecular formula is C15H26N2O2. The van der Waals surface area contributed by atoms with Crippen molar-refractivity contribution in [2.75, 3.05) is 26.2 Å². The fourth-order valence-corrected chi connectivity index (χ4v) is 2.56. The van der Waals surface area contributed by atoms with Crippen molar-refractivity contribution in [2.24, 2.45) is 0 Å². The molecule has 0 aromatic carbocycles. The minimum Gasteiger partial charge on any atom is -0.468 e. The second-order valence-electron chi connectivity index (χ2n) is 5.13. The van der Waals surface area contributed by atoms with Gasteiger partial charge >= 0.3 is 0 Å². The van der Waals surface area contributed by atoms with Gasteiger partial charge in [0.25, 0.3) is 0 Å². The van der Waals surface area contributed by atoms with E-state index >= 15 is 0 Å². The number of ether oxygens (including phenoxy) is 1. The molecule has 19 heavy (non-hydrogen) atoms. The fraction of sp³-hybridized carbons (Fsp3) is 0.733. The third-order valence-electron chi connectivity index (χ3n) is 3.60. The lowest BCUT2D eigenvalue weighted by atomic mass is 10.1. The van der Waals surface area contributed by atoms with Crippen LogP contribution in [0.5, 0.6) is 0 Å². The first kappa shape index (κ1) is 14.6. The maximum Gasteiger partial charge on any atom is 0.118 e. The molecule has 108 valence electrons. The van der Waals surface area contributed by atoms with E-state index in [1.54, 1.807) is 0 Å². The highest BCUT2D eigenvalue weighted by Gasteiger charge is 2.20. The molecule has 0 atom stereocenters. The number of nitrogens with one attached hydrogen (secondary N) is 1. The zero-order valence-corrected chi connectivity index (χ0v) is 12.2. The third-order valence-corrected chi connectivity index (χ3v) is 3.60. The predicted octanol–water partition coefficient (Wildman–Crippen LogP) is 2.39. The number of rotatable bonds is 7. The van der Waals surface area contributed by atoms with Crippen LogP contribution in [-0.4, -0.2) is 37.2 Å². The van der Waals surface area contributed by atoms with Crippen LogP contribution in [0.2, 0.25) is 0 Å². The first-order chi connectivity index (χ1) is 9.31. The van der Waals surface area contributed by atoms with Crippen LogP contribution in [0.3, 0.4) is 0 Å². The standard InChI is InChI=1S/C15H26N2O2/c1-3-16-10-13-9-15(19-12-13)11-17-7-5-14(6-8-17)18-4-2/h9,12,14,16H,3-8,10-11H2,1-2H3. The zero-order chi connectivity index (χ0) is 13.5. The van der Waals surface area contributed by atoms with E-state index in [2.05, 4.69) is 30.1 Å². The maximum atomic E-state index is 5.67. The van der Waals surface area contributed by atoms with E-state index in [4.69, 9.17) is 9.15 Å². The van der Waals surface area contributed by atoms with Crippen LogP contribution >= 0.6 is 0 Å². The van der Waals surface area contributed by atoms with Gasteiger partial charge in [0, 0.05) is 31.8 Å². The number of hydrogen-bond acceptors (Lipinski definition) is 4. The van der Waals surface area contributed by atoms with Crippen LogP contribution in [0, 0.1) is 0 Å². The van der Waals surface area contributed by atoms with E-state index in [1.165, 1.54) is 5.56 Å². The van der Waals surface area contributed by atoms with Gasteiger partial charge in [0.05, 0.1) is 18.9 Å². The normalized spacial score (nSPS) is 18.0. The predicted molar refractivity (Wildman–Crippen MR) is 76.0 cm³/mol. The Balaban J connectivity index is 1.74. The lowest BCUT2D eigenvalue weighted by Gasteiger charge is -2.30. The number of hydrogen-bond donors (Lipinski definition) is 1. The monoisotopic (exact) mass is 266 g/mol. The van der Waals surface area contributed by atoms with E-state index in [9.17, 15) is 0 Å². The highest BCUT2D eigenvalue weighted by molar-refractivity contribution is 5.12. The summed E-state index contributed by atoms with van der Waals surface area (Å²) in [5, 5.41) is 3.31. The second-order valence-corrected chi connectivity index (χ2v) is 5.13. The summed E-state index contributed by atoms with van der Waals surface area (Å²) >= 11 is 0. The highest BCUT2D eigenvalue weighted by atomic mass is 16.5. The number of furan rings is 1. The Bertz CT molecular complexity index is 357. The summed E-state index contributed by atoms with van der Waals surface area (Å²) in [5.41, 5.74) is 1.24. The molecule has 0 aliphatic carbocycles. The van der Waals surface area contributed by atoms with E-state index < -0.39 is 0 Å². The smallest absolute Gasteiger partial charge is 0.118 e. The molecule has 1 aromatic rings. The quantitative estimate of drug-likeness (QED) is 0.822. The maximum absolute atomic E-state index is 5.67. The molecule has 4 nitrogen and oxygen atoms in total. The minimum absolute atomic E-state index is 0.460. The summed E-state index contributed by atoms with van der Waals surface area (Å²) in [6, 6.07) is 2.16. The molecule has 1 aliphatic rings. The van der Waals surface area contributed by atoms with Gasteiger partial charge in [0.2, 0.25) is 0 Å². The summed E-state index contributed by atoms with van der Waals surface area (Å²) < 4.78 is 11.3. The molecule has 0 saturated carbocycles. The van der Waals surface area contributed by atoms with Crippen LogP contribution < -0.4 is 5.32 Å². The highest BCUT2D eigenvalue weighted by Crippen LogP contribution is 2.17. The Morgan fingerprint density at radius 3 is 2.84 bits per heavy atom. The summed E-state index contributed by atoms with van der Waals surface area (Å²) in [4.78, 5) is 2.45. The zero-order valence-electron chi connectivity index (χ0n) is 12.2. The molecular weight excluding hydrogens is 240 g/mol. The SMILES string of the molecule is CCNCc1coc(CN2CCC(OCC)CC2)c1. The Morgan fingerprint density at radius 2 is 2.16 bits per heavy atom. The van der Waals surface area contributed by atoms with E-state index in [1.807, 2.05) is 6.26 Å². The van der Waals surface area contributed by atoms with Gasteiger partial charge in [-0.05, 0) is 32.4 Å². The second kappa shape index (κ2) is 7.68. The van der Waals surface area contributed by atoms with Crippen molar-refractivity contribution >= 4 is 0 Å². The van der Waals surface area contributed by atoms with Crippen LogP contribution in [0.25, 0.3) is 0 Å². The molecule has 0 radical (unpaired) electrons. The number of nitrogens with zero attached hydrogens (tertiary/aromatic N) is 1. The molecule has 0 spiro atoms. The van der Waals surface area contributed by atoms with Gasteiger partial charge in [-0.15, -0.1) is 0 Å². The molecule has 4 heteroatoms. The molecule has 0 unspecified atom stereocenters. The Hall–Kier alpha value is -0.840. The molecule has 2 heterocycles. The van der Waals surface area contributed by atoms with Crippen molar-refractivity contribution < 1.29 is 9.15 Å². The molecule has 1 fully saturated rings. The average molecular weight is 266 g/mol. The molecule has 0 bridgehead atoms. The van der Waals surface area contributed by atoms with E-state index in [0.717, 1.165) is 57.9 Å². The van der Waals surface area contributed by atoms with Crippen molar-refractivity contribution in [3.05, 3.63) is 23.7 Å². The number of likely N-dealkylation sites (tertiary alicyclic amines) is 1. The van der Waals surface area contributed by atoms with Crippen molar-refractivity contribution in [1.29, 1.82) is 0 Å². The summed E-state index contributed by atoms with van der Waals surface area (Å²) in [6.45, 7) is 10.0. The van der Waals surface area contributed by atoms with Crippen molar-refractivity contribution in [3.8, 4) is 0 Å². The van der Waals surface area contributed by atoms with Gasteiger partial charge in [-0.2, -0.15) is 0 Å². The minimum atomic E-state index is 0.460. The lowest BCUT2D eigenvalue weighted by molar-refractivity contribution is 0.0112. The van der Waals surface area contributed by atoms with Crippen molar-refractivity contribution in [3.63, 3.8) is 0 Å². The van der Waals surface area contributed by atoms with Gasteiger partial charge < -0.3 is 14.5 Å². The fourth-order valence-electron chi connectivity index (χ4n) is 2.56. The Morgan fingerprint density at radius 1 is 1.37 bits per heavy atom. The first-order valence-corrected chi connectivity index (χ1v) is 7.42. The number of piperidine rings is 1. The molecule has 1 saturated heterocycles. The first-order valence-electron chi connectivity index (χ1n) is 7.42. The molecule has 0 amide bonds. The van der Waals surface area contributed by atoms with Crippen LogP contribution in [-0.2, 0) is 17.8 Å². The summed E-state index contributed by atoms with van der Waals surface area (Å²) in [7, 11) is 0. The Labute approximate surface area is 116 Å². The van der Waals surface area contributed by atoms with E-state index in [-0.39, 0.29) is 0 Å². The largest absolute Gasteiger partial charge is 0.468 e. The molecule has 2 rings (SSSR count). The lowest BCUT2D eigenvalue weighted by Crippen LogP contribution is -2.36. The van der Waals surface area contributed by atoms with Crippen molar-refractivity contribution in [2.45, 2.75) is 45.9 Å². The van der Waals surface area contributed by atoms with Gasteiger partial charge in [-0.3, -0.25) is 4.90 Å². The molecule has 1 aliphatic heterocycles. The third kappa shape index (κ3) is 4.64. The van der Waals surface area contributed by atoms with E-state index in [0.29, 0.717) is 6.10 Å². The van der Waals surface area contributed by atoms with Gasteiger partial charge in [-0.1, -0.05) is 6.92 Å². The van der Waals surface area contributed by atoms with Crippen LogP contribution in [0.1, 0.15) is 38.0 Å². The van der Waals surface area contributed by atoms with Crippen LogP contribution in [0.15, 0.2) is 16.7 Å². The summed E-state index contributed by atoms with van der Waals surface area (Å²) in [5.74, 6) is 1.07. The van der Waals surface area contributed by atoms with Gasteiger partial charge in [-0.25, -0.2) is 0 Å². The Kier molecular flexibility index (Phi) is 5.89.